The molecule has 1 saturated heterocycles. The molecule has 2 fully saturated rings. The lowest BCUT2D eigenvalue weighted by Gasteiger charge is -2.27. The fourth-order valence-corrected chi connectivity index (χ4v) is 3.73. The number of ether oxygens (including phenoxy) is 1. The molecule has 2 heterocycles. The molecular formula is C21H26N4O2. The predicted octanol–water partition coefficient (Wildman–Crippen LogP) is 3.36. The van der Waals surface area contributed by atoms with Crippen molar-refractivity contribution in [2.75, 3.05) is 31.6 Å². The van der Waals surface area contributed by atoms with E-state index in [0.717, 1.165) is 24.2 Å². The first-order valence-electron chi connectivity index (χ1n) is 9.88. The smallest absolute Gasteiger partial charge is 0.272 e. The van der Waals surface area contributed by atoms with Gasteiger partial charge < -0.3 is 15.0 Å². The minimum Gasteiger partial charge on any atom is -0.378 e. The Balaban J connectivity index is 1.64. The number of anilines is 1. The lowest BCUT2D eigenvalue weighted by molar-refractivity contribution is 0.0299. The molecule has 6 nitrogen and oxygen atoms in total. The maximum atomic E-state index is 13.0. The first kappa shape index (κ1) is 17.9. The average molecular weight is 366 g/mol. The van der Waals surface area contributed by atoms with E-state index >= 15 is 0 Å². The van der Waals surface area contributed by atoms with Crippen LogP contribution in [0.1, 0.15) is 42.6 Å². The summed E-state index contributed by atoms with van der Waals surface area (Å²) in [5, 5.41) is 3.54. The number of aromatic nitrogens is 2. The Kier molecular flexibility index (Phi) is 5.63. The fraction of sp³-hybridized carbons (Fsp3) is 0.476. The van der Waals surface area contributed by atoms with Gasteiger partial charge in [0.25, 0.3) is 5.91 Å². The second kappa shape index (κ2) is 8.48. The van der Waals surface area contributed by atoms with Crippen molar-refractivity contribution in [1.29, 1.82) is 0 Å². The predicted molar refractivity (Wildman–Crippen MR) is 105 cm³/mol. The molecule has 1 aliphatic heterocycles. The van der Waals surface area contributed by atoms with Crippen molar-refractivity contribution in [3.05, 3.63) is 42.1 Å². The van der Waals surface area contributed by atoms with E-state index in [1.807, 2.05) is 35.2 Å². The summed E-state index contributed by atoms with van der Waals surface area (Å²) in [6.45, 7) is 2.37. The van der Waals surface area contributed by atoms with Crippen molar-refractivity contribution < 1.29 is 9.53 Å². The molecule has 1 aliphatic carbocycles. The van der Waals surface area contributed by atoms with E-state index in [0.29, 0.717) is 43.9 Å². The first-order chi connectivity index (χ1) is 13.3. The molecule has 1 saturated carbocycles. The molecule has 1 N–H and O–H groups in total. The topological polar surface area (TPSA) is 67.4 Å². The Morgan fingerprint density at radius 1 is 1.04 bits per heavy atom. The highest BCUT2D eigenvalue weighted by atomic mass is 16.5. The van der Waals surface area contributed by atoms with Crippen LogP contribution in [0.2, 0.25) is 0 Å². The van der Waals surface area contributed by atoms with Gasteiger partial charge in [-0.15, -0.1) is 0 Å². The van der Waals surface area contributed by atoms with Crippen LogP contribution in [0.15, 0.2) is 36.4 Å². The lowest BCUT2D eigenvalue weighted by atomic mass is 9.95. The van der Waals surface area contributed by atoms with Crippen LogP contribution in [0.4, 0.5) is 5.82 Å². The molecule has 2 aromatic rings. The van der Waals surface area contributed by atoms with E-state index in [2.05, 4.69) is 10.3 Å². The molecule has 1 aromatic heterocycles. The molecule has 4 rings (SSSR count). The van der Waals surface area contributed by atoms with Crippen molar-refractivity contribution in [2.24, 2.45) is 0 Å². The Morgan fingerprint density at radius 3 is 2.52 bits per heavy atom. The molecule has 0 bridgehead atoms. The molecule has 0 radical (unpaired) electrons. The van der Waals surface area contributed by atoms with Crippen molar-refractivity contribution in [3.63, 3.8) is 0 Å². The minimum atomic E-state index is -0.0513. The molecule has 142 valence electrons. The molecule has 2 aliphatic rings. The molecule has 1 aromatic carbocycles. The SMILES string of the molecule is O=C(c1cc(NC2CCCCC2)nc(-c2ccccc2)n1)N1CCOCC1. The molecule has 0 unspecified atom stereocenters. The molecule has 0 spiro atoms. The normalized spacial score (nSPS) is 18.3. The summed E-state index contributed by atoms with van der Waals surface area (Å²) < 4.78 is 5.36. The van der Waals surface area contributed by atoms with Crippen LogP contribution in [-0.4, -0.2) is 53.1 Å². The van der Waals surface area contributed by atoms with Crippen molar-refractivity contribution in [3.8, 4) is 11.4 Å². The number of carbonyl (C=O) groups is 1. The van der Waals surface area contributed by atoms with Crippen LogP contribution >= 0.6 is 0 Å². The second-order valence-electron chi connectivity index (χ2n) is 7.21. The number of nitrogens with zero attached hydrogens (tertiary/aromatic N) is 3. The molecule has 1 amide bonds. The molecular weight excluding hydrogens is 340 g/mol. The van der Waals surface area contributed by atoms with Gasteiger partial charge in [0, 0.05) is 30.8 Å². The zero-order chi connectivity index (χ0) is 18.5. The van der Waals surface area contributed by atoms with E-state index in [1.165, 1.54) is 19.3 Å². The van der Waals surface area contributed by atoms with Crippen LogP contribution in [0.3, 0.4) is 0 Å². The van der Waals surface area contributed by atoms with Gasteiger partial charge >= 0.3 is 0 Å². The van der Waals surface area contributed by atoms with E-state index in [4.69, 9.17) is 9.72 Å². The number of benzene rings is 1. The zero-order valence-electron chi connectivity index (χ0n) is 15.6. The fourth-order valence-electron chi connectivity index (χ4n) is 3.73. The highest BCUT2D eigenvalue weighted by Gasteiger charge is 2.22. The molecule has 0 atom stereocenters. The molecule has 27 heavy (non-hydrogen) atoms. The van der Waals surface area contributed by atoms with E-state index in [1.54, 1.807) is 6.07 Å². The zero-order valence-corrected chi connectivity index (χ0v) is 15.6. The number of nitrogens with one attached hydrogen (secondary N) is 1. The van der Waals surface area contributed by atoms with Crippen LogP contribution < -0.4 is 5.32 Å². The number of carbonyl (C=O) groups excluding carboxylic acids is 1. The van der Waals surface area contributed by atoms with Gasteiger partial charge in [0.05, 0.1) is 13.2 Å². The Hall–Kier alpha value is -2.47. The summed E-state index contributed by atoms with van der Waals surface area (Å²) in [5.41, 5.74) is 1.37. The van der Waals surface area contributed by atoms with Crippen LogP contribution in [0.25, 0.3) is 11.4 Å². The lowest BCUT2D eigenvalue weighted by Crippen LogP contribution is -2.41. The third-order valence-corrected chi connectivity index (χ3v) is 5.23. The number of morpholine rings is 1. The first-order valence-corrected chi connectivity index (χ1v) is 9.88. The van der Waals surface area contributed by atoms with E-state index in [-0.39, 0.29) is 5.91 Å². The van der Waals surface area contributed by atoms with Crippen LogP contribution in [0.5, 0.6) is 0 Å². The van der Waals surface area contributed by atoms with Gasteiger partial charge in [0.1, 0.15) is 11.5 Å². The van der Waals surface area contributed by atoms with Crippen molar-refractivity contribution in [1.82, 2.24) is 14.9 Å². The Labute approximate surface area is 160 Å². The Bertz CT molecular complexity index is 769. The standard InChI is InChI=1S/C21H26N4O2/c26-21(25-11-13-27-14-12-25)18-15-19(22-17-9-5-2-6-10-17)24-20(23-18)16-7-3-1-4-8-16/h1,3-4,7-8,15,17H,2,5-6,9-14H2,(H,22,23,24). The third-order valence-electron chi connectivity index (χ3n) is 5.23. The van der Waals surface area contributed by atoms with Crippen molar-refractivity contribution >= 4 is 11.7 Å². The summed E-state index contributed by atoms with van der Waals surface area (Å²) in [7, 11) is 0. The van der Waals surface area contributed by atoms with Crippen molar-refractivity contribution in [2.45, 2.75) is 38.1 Å². The van der Waals surface area contributed by atoms with E-state index < -0.39 is 0 Å². The van der Waals surface area contributed by atoms with Crippen LogP contribution in [-0.2, 0) is 4.74 Å². The monoisotopic (exact) mass is 366 g/mol. The summed E-state index contributed by atoms with van der Waals surface area (Å²) >= 11 is 0. The van der Waals surface area contributed by atoms with Gasteiger partial charge in [-0.25, -0.2) is 9.97 Å². The number of hydrogen-bond acceptors (Lipinski definition) is 5. The van der Waals surface area contributed by atoms with E-state index in [9.17, 15) is 4.79 Å². The van der Waals surface area contributed by atoms with Crippen LogP contribution in [0, 0.1) is 0 Å². The number of amides is 1. The summed E-state index contributed by atoms with van der Waals surface area (Å²) in [5.74, 6) is 1.28. The average Bonchev–Trinajstić information content (AvgIpc) is 2.75. The largest absolute Gasteiger partial charge is 0.378 e. The summed E-state index contributed by atoms with van der Waals surface area (Å²) in [4.78, 5) is 24.1. The van der Waals surface area contributed by atoms with Gasteiger partial charge in [0.2, 0.25) is 0 Å². The van der Waals surface area contributed by atoms with Gasteiger partial charge in [-0.3, -0.25) is 4.79 Å². The van der Waals surface area contributed by atoms with Gasteiger partial charge in [-0.1, -0.05) is 49.6 Å². The van der Waals surface area contributed by atoms with Gasteiger partial charge in [-0.05, 0) is 12.8 Å². The highest BCUT2D eigenvalue weighted by Crippen LogP contribution is 2.23. The highest BCUT2D eigenvalue weighted by molar-refractivity contribution is 5.93. The van der Waals surface area contributed by atoms with Gasteiger partial charge in [-0.2, -0.15) is 0 Å². The Morgan fingerprint density at radius 2 is 1.78 bits per heavy atom. The quantitative estimate of drug-likeness (QED) is 0.899. The number of rotatable bonds is 4. The summed E-state index contributed by atoms with van der Waals surface area (Å²) in [6, 6.07) is 12.1. The second-order valence-corrected chi connectivity index (χ2v) is 7.21. The minimum absolute atomic E-state index is 0.0513. The number of hydrogen-bond donors (Lipinski definition) is 1. The third kappa shape index (κ3) is 4.45. The van der Waals surface area contributed by atoms with Gasteiger partial charge in [0.15, 0.2) is 5.82 Å². The molecule has 6 heteroatoms. The maximum absolute atomic E-state index is 13.0. The maximum Gasteiger partial charge on any atom is 0.272 e. The summed E-state index contributed by atoms with van der Waals surface area (Å²) in [6.07, 6.45) is 6.09.